The number of benzene rings is 1. The van der Waals surface area contributed by atoms with Crippen LogP contribution in [0.1, 0.15) is 17.7 Å². The lowest BCUT2D eigenvalue weighted by molar-refractivity contribution is -0.0311. The summed E-state index contributed by atoms with van der Waals surface area (Å²) in [6.07, 6.45) is 0.874. The lowest BCUT2D eigenvalue weighted by Gasteiger charge is -2.44. The topological polar surface area (TPSA) is 32.8 Å². The summed E-state index contributed by atoms with van der Waals surface area (Å²) < 4.78 is 48.1. The minimum Gasteiger partial charge on any atom is -0.444 e. The Morgan fingerprint density at radius 3 is 2.50 bits per heavy atom. The van der Waals surface area contributed by atoms with Crippen molar-refractivity contribution in [1.29, 1.82) is 0 Å². The van der Waals surface area contributed by atoms with E-state index >= 15 is 0 Å². The maximum absolute atomic E-state index is 14.4. The first-order valence-corrected chi connectivity index (χ1v) is 10.6. The molecule has 1 amide bonds. The zero-order chi connectivity index (χ0) is 19.8. The smallest absolute Gasteiger partial charge is 0.415 e. The summed E-state index contributed by atoms with van der Waals surface area (Å²) in [4.78, 5) is 17.0. The Morgan fingerprint density at radius 1 is 1.18 bits per heavy atom. The molecule has 1 aromatic carbocycles. The number of ether oxygens (including phenoxy) is 1. The molecule has 2 aromatic rings. The molecule has 0 radical (unpaired) electrons. The largest absolute Gasteiger partial charge is 0.444 e. The molecule has 3 aliphatic rings. The second-order valence-electron chi connectivity index (χ2n) is 7.07. The molecule has 0 N–H and O–H groups in total. The van der Waals surface area contributed by atoms with E-state index in [1.54, 1.807) is 12.1 Å². The zero-order valence-electron chi connectivity index (χ0n) is 14.8. The van der Waals surface area contributed by atoms with E-state index in [0.29, 0.717) is 18.7 Å². The molecule has 28 heavy (non-hydrogen) atoms. The van der Waals surface area contributed by atoms with Gasteiger partial charge >= 0.3 is 6.09 Å². The maximum atomic E-state index is 14.4. The molecule has 1 atom stereocenters. The minimum absolute atomic E-state index is 0.00179. The second-order valence-corrected chi connectivity index (χ2v) is 9.62. The van der Waals surface area contributed by atoms with Gasteiger partial charge in [-0.05, 0) is 59.9 Å². The summed E-state index contributed by atoms with van der Waals surface area (Å²) in [5.74, 6) is -3.25. The van der Waals surface area contributed by atoms with E-state index in [2.05, 4.69) is 20.8 Å². The van der Waals surface area contributed by atoms with Crippen molar-refractivity contribution in [2.24, 2.45) is 5.92 Å². The molecule has 3 fully saturated rings. The highest BCUT2D eigenvalue weighted by Gasteiger charge is 2.38. The van der Waals surface area contributed by atoms with Crippen molar-refractivity contribution in [2.75, 3.05) is 24.5 Å². The number of amides is 1. The molecular formula is C19H18BrF3N2O2S. The van der Waals surface area contributed by atoms with Gasteiger partial charge in [-0.3, -0.25) is 9.80 Å². The third kappa shape index (κ3) is 4.06. The van der Waals surface area contributed by atoms with Crippen molar-refractivity contribution in [1.82, 2.24) is 4.90 Å². The highest BCUT2D eigenvalue weighted by molar-refractivity contribution is 9.11. The van der Waals surface area contributed by atoms with Crippen LogP contribution in [-0.2, 0) is 11.3 Å². The molecule has 3 aliphatic heterocycles. The number of carbonyl (C=O) groups excluding carboxylic acids is 1. The number of nitrogens with zero attached hydrogens (tertiary/aromatic N) is 2. The van der Waals surface area contributed by atoms with E-state index in [-0.39, 0.29) is 24.3 Å². The third-order valence-corrected chi connectivity index (χ3v) is 6.90. The van der Waals surface area contributed by atoms with Gasteiger partial charge in [0.2, 0.25) is 0 Å². The fourth-order valence-corrected chi connectivity index (χ4v) is 5.27. The summed E-state index contributed by atoms with van der Waals surface area (Å²) in [6.45, 7) is 2.63. The molecular weight excluding hydrogens is 457 g/mol. The van der Waals surface area contributed by atoms with Crippen LogP contribution in [0.15, 0.2) is 28.1 Å². The Balaban J connectivity index is 1.60. The Hall–Kier alpha value is -1.58. The van der Waals surface area contributed by atoms with Crippen LogP contribution < -0.4 is 4.90 Å². The van der Waals surface area contributed by atoms with Gasteiger partial charge < -0.3 is 4.74 Å². The first-order valence-electron chi connectivity index (χ1n) is 9.00. The molecule has 4 nitrogen and oxygen atoms in total. The standard InChI is InChI=1S/C19H18BrF3N2O2S/c20-18-2-1-12(28-18)9-25(16-8-14(22)13(21)7-15(16)23)19(26)27-17-10-24-5-3-11(17)4-6-24/h1-2,7-8,11,17H,3-6,9-10H2/t17-/m0/s1. The third-order valence-electron chi connectivity index (χ3n) is 5.29. The van der Waals surface area contributed by atoms with Crippen LogP contribution in [0.4, 0.5) is 23.7 Å². The van der Waals surface area contributed by atoms with Gasteiger partial charge in [0.1, 0.15) is 11.9 Å². The Labute approximate surface area is 173 Å². The second kappa shape index (κ2) is 8.04. The Bertz CT molecular complexity index is 886. The minimum atomic E-state index is -1.30. The average molecular weight is 475 g/mol. The van der Waals surface area contributed by atoms with E-state index in [0.717, 1.165) is 39.5 Å². The highest BCUT2D eigenvalue weighted by Crippen LogP contribution is 2.32. The molecule has 4 heterocycles. The van der Waals surface area contributed by atoms with Crippen molar-refractivity contribution < 1.29 is 22.7 Å². The van der Waals surface area contributed by atoms with Crippen molar-refractivity contribution in [3.63, 3.8) is 0 Å². The molecule has 150 valence electrons. The first-order chi connectivity index (χ1) is 13.4. The van der Waals surface area contributed by atoms with Crippen LogP contribution in [0, 0.1) is 23.4 Å². The highest BCUT2D eigenvalue weighted by atomic mass is 79.9. The van der Waals surface area contributed by atoms with Crippen molar-refractivity contribution in [3.05, 3.63) is 50.4 Å². The van der Waals surface area contributed by atoms with Gasteiger partial charge in [0.25, 0.3) is 0 Å². The number of carbonyl (C=O) groups is 1. The number of hydrogen-bond acceptors (Lipinski definition) is 4. The van der Waals surface area contributed by atoms with Crippen LogP contribution in [0.3, 0.4) is 0 Å². The van der Waals surface area contributed by atoms with Crippen LogP contribution in [0.5, 0.6) is 0 Å². The van der Waals surface area contributed by atoms with Gasteiger partial charge in [-0.15, -0.1) is 11.3 Å². The predicted molar refractivity (Wildman–Crippen MR) is 104 cm³/mol. The van der Waals surface area contributed by atoms with Crippen LogP contribution in [0.2, 0.25) is 0 Å². The molecule has 0 aliphatic carbocycles. The Kier molecular flexibility index (Phi) is 5.66. The monoisotopic (exact) mass is 474 g/mol. The molecule has 3 saturated heterocycles. The lowest BCUT2D eigenvalue weighted by atomic mass is 9.86. The number of rotatable bonds is 4. The number of piperidine rings is 3. The Morgan fingerprint density at radius 2 is 1.89 bits per heavy atom. The molecule has 5 rings (SSSR count). The van der Waals surface area contributed by atoms with Gasteiger partial charge in [0, 0.05) is 23.6 Å². The van der Waals surface area contributed by atoms with E-state index < -0.39 is 23.5 Å². The summed E-state index contributed by atoms with van der Waals surface area (Å²) in [5, 5.41) is 0. The van der Waals surface area contributed by atoms with Crippen LogP contribution >= 0.6 is 27.3 Å². The molecule has 0 spiro atoms. The summed E-state index contributed by atoms with van der Waals surface area (Å²) in [7, 11) is 0. The van der Waals surface area contributed by atoms with Gasteiger partial charge in [-0.25, -0.2) is 18.0 Å². The van der Waals surface area contributed by atoms with Crippen molar-refractivity contribution in [2.45, 2.75) is 25.5 Å². The summed E-state index contributed by atoms with van der Waals surface area (Å²) in [6, 6.07) is 4.73. The molecule has 2 bridgehead atoms. The number of hydrogen-bond donors (Lipinski definition) is 0. The molecule has 9 heteroatoms. The van der Waals surface area contributed by atoms with Gasteiger partial charge in [-0.2, -0.15) is 0 Å². The quantitative estimate of drug-likeness (QED) is 0.573. The number of thiophene rings is 1. The summed E-state index contributed by atoms with van der Waals surface area (Å²) in [5.41, 5.74) is -0.338. The van der Waals surface area contributed by atoms with Crippen molar-refractivity contribution >= 4 is 39.0 Å². The van der Waals surface area contributed by atoms with Gasteiger partial charge in [0.05, 0.1) is 16.0 Å². The predicted octanol–water partition coefficient (Wildman–Crippen LogP) is 5.17. The zero-order valence-corrected chi connectivity index (χ0v) is 17.2. The molecule has 1 aromatic heterocycles. The fourth-order valence-electron chi connectivity index (χ4n) is 3.80. The maximum Gasteiger partial charge on any atom is 0.415 e. The van der Waals surface area contributed by atoms with E-state index in [9.17, 15) is 18.0 Å². The normalized spacial score (nSPS) is 23.6. The average Bonchev–Trinajstić information content (AvgIpc) is 3.09. The van der Waals surface area contributed by atoms with E-state index in [1.807, 2.05) is 0 Å². The van der Waals surface area contributed by atoms with E-state index in [4.69, 9.17) is 4.74 Å². The van der Waals surface area contributed by atoms with Crippen LogP contribution in [0.25, 0.3) is 0 Å². The summed E-state index contributed by atoms with van der Waals surface area (Å²) >= 11 is 4.72. The first kappa shape index (κ1) is 19.7. The van der Waals surface area contributed by atoms with Crippen LogP contribution in [-0.4, -0.2) is 36.7 Å². The van der Waals surface area contributed by atoms with E-state index in [1.165, 1.54) is 11.3 Å². The van der Waals surface area contributed by atoms with Gasteiger partial charge in [0.15, 0.2) is 11.6 Å². The molecule has 0 unspecified atom stereocenters. The number of anilines is 1. The fraction of sp³-hybridized carbons (Fsp3) is 0.421. The number of fused-ring (bicyclic) bond motifs is 3. The molecule has 0 saturated carbocycles. The van der Waals surface area contributed by atoms with Crippen molar-refractivity contribution in [3.8, 4) is 0 Å². The lowest BCUT2D eigenvalue weighted by Crippen LogP contribution is -2.53. The number of halogens is 4. The van der Waals surface area contributed by atoms with Gasteiger partial charge in [-0.1, -0.05) is 0 Å². The SMILES string of the molecule is O=C(O[C@H]1CN2CCC1CC2)N(Cc1ccc(Br)s1)c1cc(F)c(F)cc1F.